The summed E-state index contributed by atoms with van der Waals surface area (Å²) >= 11 is 12.0. The van der Waals surface area contributed by atoms with Gasteiger partial charge in [0.1, 0.15) is 23.6 Å². The number of hydrogen-bond donors (Lipinski definition) is 2. The predicted molar refractivity (Wildman–Crippen MR) is 147 cm³/mol. The van der Waals surface area contributed by atoms with Crippen LogP contribution in [0.1, 0.15) is 18.7 Å². The minimum atomic E-state index is -0.593. The second-order valence-electron chi connectivity index (χ2n) is 9.59. The normalized spacial score (nSPS) is 16.2. The Morgan fingerprint density at radius 2 is 1.82 bits per heavy atom. The van der Waals surface area contributed by atoms with Crippen LogP contribution in [0.15, 0.2) is 42.7 Å². The van der Waals surface area contributed by atoms with E-state index >= 15 is 0 Å². The van der Waals surface area contributed by atoms with E-state index in [0.29, 0.717) is 60.0 Å². The number of nitrogens with zero attached hydrogens (tertiary/aromatic N) is 5. The van der Waals surface area contributed by atoms with Crippen LogP contribution in [0.25, 0.3) is 5.69 Å². The number of benzene rings is 2. The van der Waals surface area contributed by atoms with Gasteiger partial charge in [-0.1, -0.05) is 23.2 Å². The molecular formula is C26H29Cl2N7O3. The van der Waals surface area contributed by atoms with E-state index in [0.717, 1.165) is 24.2 Å². The highest BCUT2D eigenvalue weighted by Crippen LogP contribution is 2.46. The van der Waals surface area contributed by atoms with Crippen LogP contribution < -0.4 is 20.3 Å². The van der Waals surface area contributed by atoms with Crippen molar-refractivity contribution in [2.75, 3.05) is 50.1 Å². The summed E-state index contributed by atoms with van der Waals surface area (Å²) in [7, 11) is 1.63. The lowest BCUT2D eigenvalue weighted by Gasteiger charge is -2.36. The second-order valence-corrected chi connectivity index (χ2v) is 10.4. The van der Waals surface area contributed by atoms with E-state index in [2.05, 4.69) is 25.6 Å². The van der Waals surface area contributed by atoms with Gasteiger partial charge < -0.3 is 25.2 Å². The molecule has 2 heterocycles. The summed E-state index contributed by atoms with van der Waals surface area (Å²) in [6, 6.07) is 10.8. The minimum Gasteiger partial charge on any atom is -0.494 e. The van der Waals surface area contributed by atoms with Gasteiger partial charge in [0.05, 0.1) is 22.6 Å². The molecule has 38 heavy (non-hydrogen) atoms. The molecule has 0 radical (unpaired) electrons. The Morgan fingerprint density at radius 1 is 1.05 bits per heavy atom. The van der Waals surface area contributed by atoms with Crippen LogP contribution in [0.5, 0.6) is 5.75 Å². The highest BCUT2D eigenvalue weighted by molar-refractivity contribution is 6.42. The van der Waals surface area contributed by atoms with Gasteiger partial charge in [-0.2, -0.15) is 5.10 Å². The maximum Gasteiger partial charge on any atom is 0.317 e. The van der Waals surface area contributed by atoms with E-state index < -0.39 is 5.41 Å². The first-order valence-corrected chi connectivity index (χ1v) is 13.1. The van der Waals surface area contributed by atoms with Gasteiger partial charge in [0.15, 0.2) is 0 Å². The summed E-state index contributed by atoms with van der Waals surface area (Å²) in [6.45, 7) is 4.63. The highest BCUT2D eigenvalue weighted by Gasteiger charge is 2.50. The summed E-state index contributed by atoms with van der Waals surface area (Å²) in [5.41, 5.74) is 1.81. The number of anilines is 2. The molecule has 1 aromatic heterocycles. The third kappa shape index (κ3) is 5.51. The number of hydrogen-bond acceptors (Lipinski definition) is 6. The van der Waals surface area contributed by atoms with Gasteiger partial charge in [-0.25, -0.2) is 14.5 Å². The molecule has 2 N–H and O–H groups in total. The fourth-order valence-electron chi connectivity index (χ4n) is 4.51. The van der Waals surface area contributed by atoms with Crippen LogP contribution in [-0.4, -0.2) is 71.4 Å². The largest absolute Gasteiger partial charge is 0.494 e. The van der Waals surface area contributed by atoms with Gasteiger partial charge in [-0.15, -0.1) is 0 Å². The van der Waals surface area contributed by atoms with Gasteiger partial charge in [0.25, 0.3) is 0 Å². The molecule has 12 heteroatoms. The number of rotatable bonds is 7. The summed E-state index contributed by atoms with van der Waals surface area (Å²) in [5, 5.41) is 11.0. The molecule has 1 aliphatic carbocycles. The van der Waals surface area contributed by atoms with Crippen molar-refractivity contribution >= 4 is 46.5 Å². The summed E-state index contributed by atoms with van der Waals surface area (Å²) in [5.74, 6) is 1.26. The molecule has 0 unspecified atom stereocenters. The average molecular weight is 558 g/mol. The molecule has 1 saturated heterocycles. The topological polar surface area (TPSA) is 105 Å². The van der Waals surface area contributed by atoms with Crippen molar-refractivity contribution in [3.8, 4) is 11.4 Å². The first kappa shape index (κ1) is 26.1. The number of methoxy groups -OCH3 is 1. The zero-order valence-electron chi connectivity index (χ0n) is 21.2. The lowest BCUT2D eigenvalue weighted by Crippen LogP contribution is -2.53. The molecule has 2 fully saturated rings. The van der Waals surface area contributed by atoms with Crippen molar-refractivity contribution in [3.05, 3.63) is 58.6 Å². The van der Waals surface area contributed by atoms with Crippen molar-refractivity contribution in [2.45, 2.75) is 19.8 Å². The zero-order valence-corrected chi connectivity index (χ0v) is 22.7. The first-order valence-electron chi connectivity index (χ1n) is 12.4. The number of carbonyl (C=O) groups is 2. The van der Waals surface area contributed by atoms with Crippen LogP contribution >= 0.6 is 23.2 Å². The minimum absolute atomic E-state index is 0.126. The second kappa shape index (κ2) is 10.7. The lowest BCUT2D eigenvalue weighted by atomic mass is 10.1. The molecule has 1 saturated carbocycles. The molecule has 2 aromatic carbocycles. The Labute approximate surface area is 230 Å². The molecule has 1 aliphatic heterocycles. The summed E-state index contributed by atoms with van der Waals surface area (Å²) < 4.78 is 7.29. The van der Waals surface area contributed by atoms with E-state index in [4.69, 9.17) is 27.9 Å². The molecular weight excluding hydrogens is 529 g/mol. The number of urea groups is 1. The maximum atomic E-state index is 12.9. The lowest BCUT2D eigenvalue weighted by molar-refractivity contribution is -0.120. The maximum absolute atomic E-state index is 12.9. The highest BCUT2D eigenvalue weighted by atomic mass is 35.5. The van der Waals surface area contributed by atoms with Crippen LogP contribution in [0.3, 0.4) is 0 Å². The predicted octanol–water partition coefficient (Wildman–Crippen LogP) is 4.14. The monoisotopic (exact) mass is 557 g/mol. The smallest absolute Gasteiger partial charge is 0.317 e. The molecule has 10 nitrogen and oxygen atoms in total. The number of aryl methyl sites for hydroxylation is 1. The Kier molecular flexibility index (Phi) is 7.36. The summed E-state index contributed by atoms with van der Waals surface area (Å²) in [4.78, 5) is 33.9. The first-order chi connectivity index (χ1) is 18.3. The number of aromatic nitrogens is 3. The fourth-order valence-corrected chi connectivity index (χ4v) is 4.81. The van der Waals surface area contributed by atoms with Crippen LogP contribution in [0.4, 0.5) is 16.2 Å². The van der Waals surface area contributed by atoms with Gasteiger partial charge in [-0.3, -0.25) is 4.79 Å². The summed E-state index contributed by atoms with van der Waals surface area (Å²) in [6.07, 6.45) is 3.10. The molecule has 3 amide bonds. The van der Waals surface area contributed by atoms with Gasteiger partial charge in [0.2, 0.25) is 5.91 Å². The molecule has 0 bridgehead atoms. The van der Waals surface area contributed by atoms with Gasteiger partial charge in [0, 0.05) is 50.2 Å². The molecule has 200 valence electrons. The number of nitrogens with one attached hydrogen (secondary N) is 2. The molecule has 2 aliphatic rings. The van der Waals surface area contributed by atoms with Crippen LogP contribution in [0.2, 0.25) is 10.0 Å². The molecule has 0 spiro atoms. The van der Waals surface area contributed by atoms with Crippen LogP contribution in [0, 0.1) is 12.3 Å². The number of carbonyl (C=O) groups excluding carboxylic acids is 2. The Morgan fingerprint density at radius 3 is 2.45 bits per heavy atom. The molecule has 3 aromatic rings. The van der Waals surface area contributed by atoms with E-state index in [1.54, 1.807) is 41.2 Å². The van der Waals surface area contributed by atoms with Crippen molar-refractivity contribution < 1.29 is 14.3 Å². The Balaban J connectivity index is 1.13. The van der Waals surface area contributed by atoms with Gasteiger partial charge in [-0.05, 0) is 50.1 Å². The van der Waals surface area contributed by atoms with E-state index in [1.165, 1.54) is 0 Å². The standard InChI is InChI=1S/C26H29Cl2N7O3/c1-17-30-16-35(32-17)22-6-4-19(14-23(22)38-2)33-9-11-34(12-10-33)25(37)29-15-26(7-8-26)24(36)31-18-3-5-20(27)21(28)13-18/h3-6,13-14,16H,7-12,15H2,1-2H3,(H,29,37)(H,31,36). The third-order valence-corrected chi connectivity index (χ3v) is 7.78. The molecule has 5 rings (SSSR count). The quantitative estimate of drug-likeness (QED) is 0.452. The number of amides is 3. The van der Waals surface area contributed by atoms with E-state index in [-0.39, 0.29) is 11.9 Å². The number of piperazine rings is 1. The van der Waals surface area contributed by atoms with Crippen molar-refractivity contribution in [2.24, 2.45) is 5.41 Å². The third-order valence-electron chi connectivity index (χ3n) is 7.04. The number of halogens is 2. The van der Waals surface area contributed by atoms with E-state index in [1.807, 2.05) is 25.1 Å². The van der Waals surface area contributed by atoms with Crippen molar-refractivity contribution in [1.29, 1.82) is 0 Å². The Hall–Kier alpha value is -3.50. The fraction of sp³-hybridized carbons (Fsp3) is 0.385. The average Bonchev–Trinajstić information content (AvgIpc) is 3.61. The van der Waals surface area contributed by atoms with E-state index in [9.17, 15) is 9.59 Å². The SMILES string of the molecule is COc1cc(N2CCN(C(=O)NCC3(C(=O)Nc4ccc(Cl)c(Cl)c4)CC3)CC2)ccc1-n1cnc(C)n1. The van der Waals surface area contributed by atoms with Crippen molar-refractivity contribution in [3.63, 3.8) is 0 Å². The Bertz CT molecular complexity index is 1350. The zero-order chi connectivity index (χ0) is 26.9. The van der Waals surface area contributed by atoms with Crippen molar-refractivity contribution in [1.82, 2.24) is 25.0 Å². The molecule has 0 atom stereocenters. The van der Waals surface area contributed by atoms with Gasteiger partial charge >= 0.3 is 6.03 Å². The number of ether oxygens (including phenoxy) is 1. The van der Waals surface area contributed by atoms with Crippen LogP contribution in [-0.2, 0) is 4.79 Å².